The average molecular weight is 539 g/mol. The number of thiazole rings is 1. The molecule has 0 spiro atoms. The number of hydrogen-bond donors (Lipinski definition) is 5. The number of anilines is 2. The summed E-state index contributed by atoms with van der Waals surface area (Å²) in [5, 5.41) is 35.8. The summed E-state index contributed by atoms with van der Waals surface area (Å²) in [6.45, 7) is 0.393. The van der Waals surface area contributed by atoms with Crippen LogP contribution in [0.5, 0.6) is 5.75 Å². The van der Waals surface area contributed by atoms with E-state index >= 15 is 0 Å². The zero-order valence-corrected chi connectivity index (χ0v) is 20.5. The van der Waals surface area contributed by atoms with Crippen LogP contribution in [0.3, 0.4) is 0 Å². The summed E-state index contributed by atoms with van der Waals surface area (Å²) in [7, 11) is 0. The van der Waals surface area contributed by atoms with E-state index in [2.05, 4.69) is 15.5 Å². The first kappa shape index (κ1) is 25.0. The minimum Gasteiger partial charge on any atom is -0.508 e. The Morgan fingerprint density at radius 1 is 1.21 bits per heavy atom. The third-order valence-corrected chi connectivity index (χ3v) is 7.35. The summed E-state index contributed by atoms with van der Waals surface area (Å²) in [6, 6.07) is 4.55. The molecule has 38 heavy (non-hydrogen) atoms. The van der Waals surface area contributed by atoms with Gasteiger partial charge in [0.1, 0.15) is 23.2 Å². The number of carbonyl (C=O) groups is 4. The van der Waals surface area contributed by atoms with Crippen LogP contribution in [0.1, 0.15) is 25.0 Å². The van der Waals surface area contributed by atoms with E-state index in [-0.39, 0.29) is 34.6 Å². The van der Waals surface area contributed by atoms with Crippen LogP contribution in [0.4, 0.5) is 10.8 Å². The molecule has 6 N–H and O–H groups in total. The lowest BCUT2D eigenvalue weighted by atomic mass is 9.82. The van der Waals surface area contributed by atoms with Gasteiger partial charge in [0.25, 0.3) is 17.7 Å². The molecule has 13 nitrogen and oxygen atoms in total. The number of nitrogen functional groups attached to an aromatic ring is 1. The number of nitrogens with zero attached hydrogens (tertiary/aromatic N) is 4. The van der Waals surface area contributed by atoms with Crippen LogP contribution in [-0.4, -0.2) is 73.3 Å². The summed E-state index contributed by atoms with van der Waals surface area (Å²) in [6.07, 6.45) is 2.53. The summed E-state index contributed by atoms with van der Waals surface area (Å²) < 4.78 is 0. The minimum atomic E-state index is -1.32. The molecule has 0 saturated carbocycles. The molecule has 1 aromatic carbocycles. The smallest absolute Gasteiger partial charge is 0.352 e. The maximum absolute atomic E-state index is 13.0. The number of amides is 3. The van der Waals surface area contributed by atoms with Gasteiger partial charge in [-0.1, -0.05) is 5.16 Å². The molecule has 14 heteroatoms. The van der Waals surface area contributed by atoms with E-state index in [9.17, 15) is 34.6 Å². The highest BCUT2D eigenvalue weighted by Gasteiger charge is 2.53. The number of aliphatic carboxylic acids is 1. The molecule has 2 saturated heterocycles. The Morgan fingerprint density at radius 2 is 1.95 bits per heavy atom. The van der Waals surface area contributed by atoms with Gasteiger partial charge in [0.05, 0.1) is 6.04 Å². The quantitative estimate of drug-likeness (QED) is 0.116. The van der Waals surface area contributed by atoms with Crippen molar-refractivity contribution in [1.82, 2.24) is 15.2 Å². The second-order valence-corrected chi connectivity index (χ2v) is 9.75. The molecule has 0 unspecified atom stereocenters. The molecule has 2 fully saturated rings. The van der Waals surface area contributed by atoms with E-state index in [1.54, 1.807) is 12.1 Å². The third-order valence-electron chi connectivity index (χ3n) is 6.68. The normalized spacial score (nSPS) is 22.5. The Bertz CT molecular complexity index is 1440. The molecule has 0 radical (unpaired) electrons. The Labute approximate surface area is 219 Å². The molecular weight excluding hydrogens is 516 g/mol. The fourth-order valence-corrected chi connectivity index (χ4v) is 5.44. The molecule has 1 aromatic heterocycles. The van der Waals surface area contributed by atoms with Crippen LogP contribution in [0.25, 0.3) is 0 Å². The fraction of sp³-hybridized carbons (Fsp3) is 0.250. The highest BCUT2D eigenvalue weighted by molar-refractivity contribution is 7.13. The van der Waals surface area contributed by atoms with Crippen LogP contribution in [0, 0.1) is 0 Å². The van der Waals surface area contributed by atoms with Gasteiger partial charge >= 0.3 is 5.97 Å². The van der Waals surface area contributed by atoms with Crippen molar-refractivity contribution >= 4 is 51.6 Å². The van der Waals surface area contributed by atoms with Gasteiger partial charge in [-0.2, -0.15) is 0 Å². The van der Waals surface area contributed by atoms with Crippen LogP contribution >= 0.6 is 11.3 Å². The van der Waals surface area contributed by atoms with Gasteiger partial charge in [-0.3, -0.25) is 19.3 Å². The number of aromatic nitrogens is 1. The van der Waals surface area contributed by atoms with Crippen LogP contribution < -0.4 is 16.0 Å². The lowest BCUT2D eigenvalue weighted by Crippen LogP contribution is -2.72. The predicted molar refractivity (Wildman–Crippen MR) is 134 cm³/mol. The van der Waals surface area contributed by atoms with E-state index in [4.69, 9.17) is 5.73 Å². The zero-order valence-electron chi connectivity index (χ0n) is 19.7. The van der Waals surface area contributed by atoms with E-state index in [1.807, 2.05) is 0 Å². The molecular formula is C24H22N6O7S. The Morgan fingerprint density at radius 3 is 2.58 bits per heavy atom. The number of fused-ring (bicyclic) bond motifs is 1. The van der Waals surface area contributed by atoms with Crippen molar-refractivity contribution in [2.75, 3.05) is 17.2 Å². The number of β-lactam (4-membered cyclic amide) rings is 1. The van der Waals surface area contributed by atoms with Gasteiger partial charge in [0.2, 0.25) is 0 Å². The number of oxime groups is 1. The number of carboxylic acids is 1. The van der Waals surface area contributed by atoms with Gasteiger partial charge in [-0.05, 0) is 55.2 Å². The number of carboxylic acid groups (broad SMARTS) is 1. The monoisotopic (exact) mass is 538 g/mol. The third kappa shape index (κ3) is 4.24. The summed E-state index contributed by atoms with van der Waals surface area (Å²) in [5.74, 6) is -3.01. The second-order valence-electron chi connectivity index (χ2n) is 8.86. The van der Waals surface area contributed by atoms with Crippen LogP contribution in [-0.2, 0) is 19.2 Å². The first-order valence-corrected chi connectivity index (χ1v) is 12.4. The van der Waals surface area contributed by atoms with Gasteiger partial charge in [-0.15, -0.1) is 11.3 Å². The van der Waals surface area contributed by atoms with Crippen molar-refractivity contribution in [2.45, 2.75) is 31.3 Å². The second kappa shape index (κ2) is 9.63. The van der Waals surface area contributed by atoms with Crippen molar-refractivity contribution in [3.63, 3.8) is 0 Å². The van der Waals surface area contributed by atoms with Gasteiger partial charge in [0.15, 0.2) is 10.8 Å². The topological polar surface area (TPSA) is 199 Å². The van der Waals surface area contributed by atoms with Gasteiger partial charge < -0.3 is 31.4 Å². The summed E-state index contributed by atoms with van der Waals surface area (Å²) in [5.41, 5.74) is 6.32. The van der Waals surface area contributed by atoms with Crippen LogP contribution in [0.15, 0.2) is 57.7 Å². The van der Waals surface area contributed by atoms with Crippen molar-refractivity contribution in [3.05, 3.63) is 58.3 Å². The summed E-state index contributed by atoms with van der Waals surface area (Å²) in [4.78, 5) is 57.4. The first-order chi connectivity index (χ1) is 18.2. The van der Waals surface area contributed by atoms with Crippen LogP contribution in [0.2, 0.25) is 0 Å². The highest BCUT2D eigenvalue weighted by Crippen LogP contribution is 2.38. The van der Waals surface area contributed by atoms with E-state index < -0.39 is 35.6 Å². The van der Waals surface area contributed by atoms with Crippen molar-refractivity contribution in [2.24, 2.45) is 5.16 Å². The molecule has 0 bridgehead atoms. The molecule has 4 heterocycles. The van der Waals surface area contributed by atoms with E-state index in [0.717, 1.165) is 16.2 Å². The van der Waals surface area contributed by atoms with Crippen molar-refractivity contribution in [1.29, 1.82) is 0 Å². The maximum atomic E-state index is 13.0. The molecule has 0 aliphatic carbocycles. The van der Waals surface area contributed by atoms with E-state index in [1.165, 1.54) is 28.5 Å². The minimum absolute atomic E-state index is 0.0439. The van der Waals surface area contributed by atoms with Gasteiger partial charge in [0, 0.05) is 23.2 Å². The number of benzene rings is 1. The number of nitrogens with two attached hydrogens (primary N) is 1. The fourth-order valence-electron chi connectivity index (χ4n) is 4.89. The molecule has 3 aliphatic rings. The standard InChI is InChI=1S/C24H22N6O7S/c25-24-26-15(10-38-24)17(28-37)20(32)27-18-16-6-1-11(19(23(35)36)30(16)22(18)34)9-12-7-8-29(21(12)33)13-2-4-14(31)5-3-13/h2-5,9-10,16,18,31,37H,1,6-8H2,(H2,25,26)(H,27,32)(H,35,36)/b12-9?,28-17-/t16-,18+/m1/s1. The average Bonchev–Trinajstić information content (AvgIpc) is 3.48. The predicted octanol–water partition coefficient (Wildman–Crippen LogP) is 0.801. The number of hydrogen-bond acceptors (Lipinski definition) is 10. The maximum Gasteiger partial charge on any atom is 0.352 e. The Hall–Kier alpha value is -4.72. The van der Waals surface area contributed by atoms with Gasteiger partial charge in [-0.25, -0.2) is 9.78 Å². The Balaban J connectivity index is 1.35. The number of nitrogens with one attached hydrogen (secondary N) is 1. The zero-order chi connectivity index (χ0) is 27.1. The van der Waals surface area contributed by atoms with Crippen molar-refractivity contribution < 1.29 is 34.6 Å². The molecule has 3 aliphatic heterocycles. The molecule has 5 rings (SSSR count). The first-order valence-electron chi connectivity index (χ1n) is 11.5. The number of aromatic hydroxyl groups is 1. The largest absolute Gasteiger partial charge is 0.508 e. The SMILES string of the molecule is Nc1nc(/C(=N/O)C(=O)N[C@@H]2C(=O)N3C(C(=O)O)=C(C=C4CCN(c5ccc(O)cc5)C4=O)CC[C@H]23)cs1. The Kier molecular flexibility index (Phi) is 6.32. The van der Waals surface area contributed by atoms with E-state index in [0.29, 0.717) is 36.2 Å². The number of rotatable bonds is 6. The van der Waals surface area contributed by atoms with Crippen molar-refractivity contribution in [3.8, 4) is 5.75 Å². The lowest BCUT2D eigenvalue weighted by molar-refractivity contribution is -0.155. The molecule has 2 atom stereocenters. The number of carbonyl (C=O) groups excluding carboxylic acids is 3. The number of allylic oxidation sites excluding steroid dienone is 2. The lowest BCUT2D eigenvalue weighted by Gasteiger charge is -2.50. The summed E-state index contributed by atoms with van der Waals surface area (Å²) >= 11 is 1.04. The molecule has 196 valence electrons. The molecule has 3 amide bonds. The number of phenols is 1. The highest BCUT2D eigenvalue weighted by atomic mass is 32.1. The number of phenolic OH excluding ortho intramolecular Hbond substituents is 1. The molecule has 2 aromatic rings.